The minimum absolute atomic E-state index is 0.256. The molecule has 0 bridgehead atoms. The molecule has 2 heterocycles. The molecule has 0 aliphatic carbocycles. The predicted molar refractivity (Wildman–Crippen MR) is 162 cm³/mol. The number of esters is 1. The third-order valence-corrected chi connectivity index (χ3v) is 8.39. The van der Waals surface area contributed by atoms with Crippen LogP contribution in [0.5, 0.6) is 5.75 Å². The molecule has 2 saturated heterocycles. The van der Waals surface area contributed by atoms with E-state index in [1.54, 1.807) is 29.2 Å². The van der Waals surface area contributed by atoms with Gasteiger partial charge < -0.3 is 24.8 Å². The Hall–Kier alpha value is -4.62. The van der Waals surface area contributed by atoms with Crippen molar-refractivity contribution in [3.05, 3.63) is 95.6 Å². The van der Waals surface area contributed by atoms with Crippen LogP contribution >= 0.6 is 0 Å². The Bertz CT molecular complexity index is 1510. The molecule has 3 amide bonds. The summed E-state index contributed by atoms with van der Waals surface area (Å²) in [6.07, 6.45) is -4.91. The first-order chi connectivity index (χ1) is 22.0. The number of anilines is 1. The Morgan fingerprint density at radius 2 is 1.57 bits per heavy atom. The van der Waals surface area contributed by atoms with Crippen LogP contribution in [0.15, 0.2) is 78.9 Å². The lowest BCUT2D eigenvalue weighted by Gasteiger charge is -2.44. The van der Waals surface area contributed by atoms with Crippen LogP contribution in [0.1, 0.15) is 34.3 Å². The first-order valence-electron chi connectivity index (χ1n) is 14.8. The number of amides is 3. The zero-order valence-electron chi connectivity index (χ0n) is 25.2. The highest BCUT2D eigenvalue weighted by atomic mass is 19.4. The summed E-state index contributed by atoms with van der Waals surface area (Å²) in [5.41, 5.74) is 2.23. The maximum absolute atomic E-state index is 14.0. The summed E-state index contributed by atoms with van der Waals surface area (Å²) in [5, 5.41) is 12.2. The molecule has 2 fully saturated rings. The first-order valence-corrected chi connectivity index (χ1v) is 14.8. The van der Waals surface area contributed by atoms with Crippen molar-refractivity contribution in [3.8, 4) is 5.75 Å². The number of alkyl halides is 3. The zero-order chi connectivity index (χ0) is 32.9. The van der Waals surface area contributed by atoms with Crippen LogP contribution in [0.2, 0.25) is 0 Å². The molecule has 46 heavy (non-hydrogen) atoms. The number of hydrogen-bond acceptors (Lipinski definition) is 7. The Labute approximate surface area is 264 Å². The monoisotopic (exact) mass is 640 g/mol. The zero-order valence-corrected chi connectivity index (χ0v) is 25.2. The van der Waals surface area contributed by atoms with E-state index in [1.807, 2.05) is 23.1 Å². The third-order valence-electron chi connectivity index (χ3n) is 8.39. The van der Waals surface area contributed by atoms with E-state index in [9.17, 15) is 32.7 Å². The molecular weight excluding hydrogens is 605 g/mol. The van der Waals surface area contributed by atoms with Crippen LogP contribution in [0.3, 0.4) is 0 Å². The highest BCUT2D eigenvalue weighted by molar-refractivity contribution is 5.96. The average Bonchev–Trinajstić information content (AvgIpc) is 3.31. The van der Waals surface area contributed by atoms with Gasteiger partial charge in [0.2, 0.25) is 0 Å². The molecule has 3 aromatic rings. The van der Waals surface area contributed by atoms with E-state index in [-0.39, 0.29) is 24.9 Å². The Balaban J connectivity index is 1.32. The van der Waals surface area contributed by atoms with Gasteiger partial charge in [-0.2, -0.15) is 0 Å². The molecule has 244 valence electrons. The van der Waals surface area contributed by atoms with Gasteiger partial charge in [0.25, 0.3) is 5.91 Å². The predicted octanol–water partition coefficient (Wildman–Crippen LogP) is 4.33. The number of likely N-dealkylation sites (tertiary alicyclic amines) is 1. The Kier molecular flexibility index (Phi) is 9.82. The van der Waals surface area contributed by atoms with Crippen molar-refractivity contribution >= 4 is 23.6 Å². The molecule has 2 N–H and O–H groups in total. The normalized spacial score (nSPS) is 17.2. The number of carbonyl (C=O) groups excluding carboxylic acids is 3. The molecule has 10 nitrogen and oxygen atoms in total. The van der Waals surface area contributed by atoms with Gasteiger partial charge in [0.1, 0.15) is 5.75 Å². The quantitative estimate of drug-likeness (QED) is 0.318. The first kappa shape index (κ1) is 32.8. The number of carbonyl (C=O) groups is 3. The van der Waals surface area contributed by atoms with Gasteiger partial charge in [-0.15, -0.1) is 13.2 Å². The number of urea groups is 1. The van der Waals surface area contributed by atoms with Crippen molar-refractivity contribution in [1.82, 2.24) is 15.1 Å². The number of benzene rings is 3. The van der Waals surface area contributed by atoms with E-state index in [4.69, 9.17) is 0 Å². The summed E-state index contributed by atoms with van der Waals surface area (Å²) >= 11 is 0. The molecular formula is C33H35F3N4O6. The maximum Gasteiger partial charge on any atom is 0.573 e. The number of rotatable bonds is 10. The lowest BCUT2D eigenvalue weighted by atomic mass is 9.86. The molecule has 0 aromatic heterocycles. The fraction of sp³-hybridized carbons (Fsp3) is 0.364. The lowest BCUT2D eigenvalue weighted by Crippen LogP contribution is -2.54. The van der Waals surface area contributed by atoms with E-state index in [2.05, 4.69) is 31.8 Å². The summed E-state index contributed by atoms with van der Waals surface area (Å²) in [4.78, 5) is 43.7. The molecule has 1 unspecified atom stereocenters. The van der Waals surface area contributed by atoms with Gasteiger partial charge >= 0.3 is 18.4 Å². The summed E-state index contributed by atoms with van der Waals surface area (Å²) in [6.45, 7) is 2.61. The fourth-order valence-electron chi connectivity index (χ4n) is 5.91. The van der Waals surface area contributed by atoms with Crippen LogP contribution in [0.4, 0.5) is 23.7 Å². The van der Waals surface area contributed by atoms with Crippen LogP contribution in [-0.4, -0.2) is 84.1 Å². The Morgan fingerprint density at radius 1 is 0.935 bits per heavy atom. The van der Waals surface area contributed by atoms with Crippen molar-refractivity contribution in [1.29, 1.82) is 0 Å². The highest BCUT2D eigenvalue weighted by Crippen LogP contribution is 2.40. The number of aliphatic hydroxyl groups is 1. The van der Waals surface area contributed by atoms with Crippen molar-refractivity contribution in [2.45, 2.75) is 43.9 Å². The van der Waals surface area contributed by atoms with Crippen molar-refractivity contribution in [3.63, 3.8) is 0 Å². The third kappa shape index (κ3) is 7.77. The lowest BCUT2D eigenvalue weighted by molar-refractivity contribution is -0.274. The second-order valence-electron chi connectivity index (χ2n) is 11.4. The summed E-state index contributed by atoms with van der Waals surface area (Å²) in [7, 11) is 1.14. The summed E-state index contributed by atoms with van der Waals surface area (Å²) in [5.74, 6) is -1.71. The second-order valence-corrected chi connectivity index (χ2v) is 11.4. The minimum Gasteiger partial charge on any atom is -0.467 e. The number of hydrogen-bond donors (Lipinski definition) is 2. The molecule has 1 spiro atoms. The van der Waals surface area contributed by atoms with Crippen molar-refractivity contribution < 1.29 is 42.1 Å². The molecule has 0 saturated carbocycles. The van der Waals surface area contributed by atoms with E-state index in [0.717, 1.165) is 32.3 Å². The van der Waals surface area contributed by atoms with Crippen LogP contribution < -0.4 is 15.0 Å². The van der Waals surface area contributed by atoms with Gasteiger partial charge in [-0.25, -0.2) is 9.59 Å². The molecule has 0 radical (unpaired) electrons. The Morgan fingerprint density at radius 3 is 2.17 bits per heavy atom. The van der Waals surface area contributed by atoms with Crippen molar-refractivity contribution in [2.24, 2.45) is 0 Å². The number of nitrogens with zero attached hydrogens (tertiary/aromatic N) is 3. The molecule has 1 atom stereocenters. The topological polar surface area (TPSA) is 112 Å². The van der Waals surface area contributed by atoms with Crippen molar-refractivity contribution in [2.75, 3.05) is 38.2 Å². The SMILES string of the molecule is COC(=O)C(O)CNC(=O)c1ccc(CN2C(=O)N(c3ccc(OC(F)(F)F)cc3)CC23CCN(Cc2ccccc2)CC3)cc1. The summed E-state index contributed by atoms with van der Waals surface area (Å²) < 4.78 is 46.6. The standard InChI is InChI=1S/C33H35F3N4O6/c1-45-30(43)28(41)19-37-29(42)25-9-7-24(8-10-25)21-40-31(44)39(26-11-13-27(14-12-26)46-33(34,35)36)22-32(40)15-17-38(18-16-32)20-23-5-3-2-4-6-23/h2-14,28,41H,15-22H2,1H3,(H,37,42). The van der Waals surface area contributed by atoms with Gasteiger partial charge in [0, 0.05) is 37.4 Å². The minimum atomic E-state index is -4.82. The number of methoxy groups -OCH3 is 1. The smallest absolute Gasteiger partial charge is 0.467 e. The molecule has 2 aliphatic heterocycles. The number of piperidine rings is 1. The van der Waals surface area contributed by atoms with Gasteiger partial charge in [-0.05, 0) is 60.4 Å². The van der Waals surface area contributed by atoms with E-state index in [0.29, 0.717) is 30.6 Å². The largest absolute Gasteiger partial charge is 0.573 e. The van der Waals surface area contributed by atoms with E-state index in [1.165, 1.54) is 29.8 Å². The van der Waals surface area contributed by atoms with E-state index < -0.39 is 29.9 Å². The highest BCUT2D eigenvalue weighted by Gasteiger charge is 2.51. The summed E-state index contributed by atoms with van der Waals surface area (Å²) in [6, 6.07) is 21.8. The molecule has 5 rings (SSSR count). The van der Waals surface area contributed by atoms with Crippen LogP contribution in [0.25, 0.3) is 0 Å². The second kappa shape index (κ2) is 13.8. The number of halogens is 3. The molecule has 13 heteroatoms. The van der Waals surface area contributed by atoms with Crippen LogP contribution in [-0.2, 0) is 22.6 Å². The van der Waals surface area contributed by atoms with Crippen LogP contribution in [0, 0.1) is 0 Å². The maximum atomic E-state index is 14.0. The van der Waals surface area contributed by atoms with Gasteiger partial charge in [0.15, 0.2) is 6.10 Å². The van der Waals surface area contributed by atoms with Gasteiger partial charge in [0.05, 0.1) is 25.7 Å². The van der Waals surface area contributed by atoms with E-state index >= 15 is 0 Å². The van der Waals surface area contributed by atoms with Gasteiger partial charge in [-0.3, -0.25) is 14.6 Å². The van der Waals surface area contributed by atoms with Gasteiger partial charge in [-0.1, -0.05) is 42.5 Å². The number of aliphatic hydroxyl groups excluding tert-OH is 1. The number of nitrogens with one attached hydrogen (secondary N) is 1. The fourth-order valence-corrected chi connectivity index (χ4v) is 5.91. The molecule has 3 aromatic carbocycles. The number of ether oxygens (including phenoxy) is 2. The molecule has 2 aliphatic rings. The average molecular weight is 641 g/mol.